The van der Waals surface area contributed by atoms with Gasteiger partial charge in [0.2, 0.25) is 0 Å². The van der Waals surface area contributed by atoms with Crippen molar-refractivity contribution >= 4 is 11.7 Å². The predicted molar refractivity (Wildman–Crippen MR) is 75.2 cm³/mol. The number of halogens is 2. The molecule has 2 aromatic rings. The maximum Gasteiger partial charge on any atom is 0.319 e. The summed E-state index contributed by atoms with van der Waals surface area (Å²) < 4.78 is 31.3. The lowest BCUT2D eigenvalue weighted by atomic mass is 10.2. The van der Waals surface area contributed by atoms with Crippen molar-refractivity contribution < 1.29 is 18.3 Å². The number of hydrogen-bond acceptors (Lipinski definition) is 2. The minimum absolute atomic E-state index is 0.0485. The Bertz CT molecular complexity index is 647. The van der Waals surface area contributed by atoms with Gasteiger partial charge in [0.15, 0.2) is 0 Å². The number of carbonyl (C=O) groups excluding carboxylic acids is 1. The third-order valence-corrected chi connectivity index (χ3v) is 2.81. The molecule has 0 aliphatic heterocycles. The van der Waals surface area contributed by atoms with Gasteiger partial charge in [-0.05, 0) is 18.2 Å². The molecule has 110 valence electrons. The van der Waals surface area contributed by atoms with E-state index in [1.165, 1.54) is 13.2 Å². The van der Waals surface area contributed by atoms with Gasteiger partial charge in [-0.25, -0.2) is 13.6 Å². The molecule has 2 N–H and O–H groups in total. The van der Waals surface area contributed by atoms with Crippen LogP contribution < -0.4 is 15.4 Å². The molecule has 0 atom stereocenters. The van der Waals surface area contributed by atoms with Crippen molar-refractivity contribution in [3.8, 4) is 5.75 Å². The van der Waals surface area contributed by atoms with E-state index in [0.717, 1.165) is 12.1 Å². The van der Waals surface area contributed by atoms with Gasteiger partial charge in [0.05, 0.1) is 12.8 Å². The molecule has 2 amide bonds. The second-order valence-electron chi connectivity index (χ2n) is 4.24. The number of hydrogen-bond donors (Lipinski definition) is 2. The van der Waals surface area contributed by atoms with Gasteiger partial charge in [-0.3, -0.25) is 0 Å². The molecule has 4 nitrogen and oxygen atoms in total. The fraction of sp³-hybridized carbons (Fsp3) is 0.133. The Hall–Kier alpha value is -2.63. The molecule has 2 aromatic carbocycles. The van der Waals surface area contributed by atoms with E-state index < -0.39 is 17.7 Å². The highest BCUT2D eigenvalue weighted by molar-refractivity contribution is 5.90. The van der Waals surface area contributed by atoms with E-state index in [9.17, 15) is 13.6 Å². The molecule has 0 unspecified atom stereocenters. The molecular formula is C15H14F2N2O2. The highest BCUT2D eigenvalue weighted by Crippen LogP contribution is 2.22. The second-order valence-corrected chi connectivity index (χ2v) is 4.24. The summed E-state index contributed by atoms with van der Waals surface area (Å²) in [6, 6.07) is 9.59. The van der Waals surface area contributed by atoms with Gasteiger partial charge in [-0.15, -0.1) is 0 Å². The van der Waals surface area contributed by atoms with Crippen molar-refractivity contribution in [2.45, 2.75) is 6.54 Å². The van der Waals surface area contributed by atoms with Crippen LogP contribution in [0.1, 0.15) is 5.56 Å². The number of carbonyl (C=O) groups is 1. The molecule has 0 aliphatic rings. The summed E-state index contributed by atoms with van der Waals surface area (Å²) in [6.45, 7) is -0.0485. The number of amides is 2. The van der Waals surface area contributed by atoms with Crippen LogP contribution in [0.4, 0.5) is 19.3 Å². The number of ether oxygens (including phenoxy) is 1. The first-order valence-corrected chi connectivity index (χ1v) is 6.22. The van der Waals surface area contributed by atoms with Crippen LogP contribution in [-0.4, -0.2) is 13.1 Å². The van der Waals surface area contributed by atoms with Gasteiger partial charge in [0, 0.05) is 18.2 Å². The summed E-state index contributed by atoms with van der Waals surface area (Å²) in [5.74, 6) is -0.845. The normalized spacial score (nSPS) is 10.0. The Morgan fingerprint density at radius 3 is 2.67 bits per heavy atom. The van der Waals surface area contributed by atoms with Crippen molar-refractivity contribution in [3.05, 3.63) is 59.7 Å². The van der Waals surface area contributed by atoms with Crippen LogP contribution in [0.25, 0.3) is 0 Å². The van der Waals surface area contributed by atoms with E-state index in [4.69, 9.17) is 4.74 Å². The quantitative estimate of drug-likeness (QED) is 0.908. The van der Waals surface area contributed by atoms with Crippen molar-refractivity contribution in [3.63, 3.8) is 0 Å². The van der Waals surface area contributed by atoms with Gasteiger partial charge in [0.25, 0.3) is 0 Å². The largest absolute Gasteiger partial charge is 0.495 e. The number of nitrogens with one attached hydrogen (secondary N) is 2. The zero-order chi connectivity index (χ0) is 15.2. The molecule has 0 radical (unpaired) electrons. The van der Waals surface area contributed by atoms with Crippen LogP contribution in [-0.2, 0) is 6.54 Å². The van der Waals surface area contributed by atoms with Crippen molar-refractivity contribution in [2.75, 3.05) is 12.4 Å². The van der Waals surface area contributed by atoms with Gasteiger partial charge >= 0.3 is 6.03 Å². The van der Waals surface area contributed by atoms with Gasteiger partial charge in [0.1, 0.15) is 17.4 Å². The standard InChI is InChI=1S/C15H14F2N2O2/c1-21-14-5-3-2-4-13(14)19-15(20)18-9-10-6-7-11(16)8-12(10)17/h2-8H,9H2,1H3,(H2,18,19,20). The molecule has 0 saturated carbocycles. The topological polar surface area (TPSA) is 50.4 Å². The summed E-state index contributed by atoms with van der Waals surface area (Å²) >= 11 is 0. The smallest absolute Gasteiger partial charge is 0.319 e. The molecule has 6 heteroatoms. The first-order valence-electron chi connectivity index (χ1n) is 6.22. The Labute approximate surface area is 120 Å². The van der Waals surface area contributed by atoms with E-state index >= 15 is 0 Å². The van der Waals surface area contributed by atoms with Crippen molar-refractivity contribution in [1.29, 1.82) is 0 Å². The lowest BCUT2D eigenvalue weighted by molar-refractivity contribution is 0.251. The Morgan fingerprint density at radius 2 is 1.95 bits per heavy atom. The fourth-order valence-corrected chi connectivity index (χ4v) is 1.75. The summed E-state index contributed by atoms with van der Waals surface area (Å²) in [5.41, 5.74) is 0.698. The fourth-order valence-electron chi connectivity index (χ4n) is 1.75. The summed E-state index contributed by atoms with van der Waals surface area (Å²) in [7, 11) is 1.49. The molecule has 0 fully saturated rings. The zero-order valence-electron chi connectivity index (χ0n) is 11.3. The molecule has 0 heterocycles. The number of methoxy groups -OCH3 is 1. The van der Waals surface area contributed by atoms with Crippen LogP contribution in [0.3, 0.4) is 0 Å². The zero-order valence-corrected chi connectivity index (χ0v) is 11.3. The van der Waals surface area contributed by atoms with Crippen LogP contribution >= 0.6 is 0 Å². The molecular weight excluding hydrogens is 278 g/mol. The molecule has 21 heavy (non-hydrogen) atoms. The maximum atomic E-state index is 13.4. The van der Waals surface area contributed by atoms with Crippen LogP contribution in [0.15, 0.2) is 42.5 Å². The van der Waals surface area contributed by atoms with E-state index in [-0.39, 0.29) is 12.1 Å². The first kappa shape index (κ1) is 14.8. The van der Waals surface area contributed by atoms with Gasteiger partial charge < -0.3 is 15.4 Å². The molecule has 0 aliphatic carbocycles. The lowest BCUT2D eigenvalue weighted by Gasteiger charge is -2.11. The van der Waals surface area contributed by atoms with Crippen molar-refractivity contribution in [2.24, 2.45) is 0 Å². The SMILES string of the molecule is COc1ccccc1NC(=O)NCc1ccc(F)cc1F. The summed E-state index contributed by atoms with van der Waals surface area (Å²) in [4.78, 5) is 11.8. The number of urea groups is 1. The van der Waals surface area contributed by atoms with E-state index in [2.05, 4.69) is 10.6 Å². The molecule has 2 rings (SSSR count). The minimum atomic E-state index is -0.701. The van der Waals surface area contributed by atoms with Gasteiger partial charge in [-0.2, -0.15) is 0 Å². The highest BCUT2D eigenvalue weighted by Gasteiger charge is 2.08. The number of benzene rings is 2. The summed E-state index contributed by atoms with van der Waals surface area (Å²) in [6.07, 6.45) is 0. The molecule has 0 saturated heterocycles. The van der Waals surface area contributed by atoms with Gasteiger partial charge in [-0.1, -0.05) is 18.2 Å². The molecule has 0 aromatic heterocycles. The van der Waals surface area contributed by atoms with Crippen molar-refractivity contribution in [1.82, 2.24) is 5.32 Å². The molecule has 0 spiro atoms. The van der Waals surface area contributed by atoms with Crippen LogP contribution in [0.2, 0.25) is 0 Å². The Morgan fingerprint density at radius 1 is 1.19 bits per heavy atom. The van der Waals surface area contributed by atoms with E-state index in [1.54, 1.807) is 24.3 Å². The third-order valence-electron chi connectivity index (χ3n) is 2.81. The Kier molecular flexibility index (Phi) is 4.71. The average molecular weight is 292 g/mol. The summed E-state index contributed by atoms with van der Waals surface area (Å²) in [5, 5.41) is 5.08. The number of rotatable bonds is 4. The van der Waals surface area contributed by atoms with Crippen LogP contribution in [0, 0.1) is 11.6 Å². The highest BCUT2D eigenvalue weighted by atomic mass is 19.1. The first-order chi connectivity index (χ1) is 10.1. The second kappa shape index (κ2) is 6.69. The number of anilines is 1. The average Bonchev–Trinajstić information content (AvgIpc) is 2.47. The monoisotopic (exact) mass is 292 g/mol. The minimum Gasteiger partial charge on any atom is -0.495 e. The predicted octanol–water partition coefficient (Wildman–Crippen LogP) is 3.30. The maximum absolute atomic E-state index is 13.4. The van der Waals surface area contributed by atoms with E-state index in [1.807, 2.05) is 0 Å². The Balaban J connectivity index is 1.96. The van der Waals surface area contributed by atoms with Crippen LogP contribution in [0.5, 0.6) is 5.75 Å². The third kappa shape index (κ3) is 3.92. The molecule has 0 bridgehead atoms. The lowest BCUT2D eigenvalue weighted by Crippen LogP contribution is -2.28. The number of para-hydroxylation sites is 2. The van der Waals surface area contributed by atoms with E-state index in [0.29, 0.717) is 11.4 Å².